The van der Waals surface area contributed by atoms with Crippen LogP contribution < -0.4 is 4.74 Å². The molecule has 2 aromatic carbocycles. The van der Waals surface area contributed by atoms with Crippen LogP contribution in [0.2, 0.25) is 5.02 Å². The second-order valence-electron chi connectivity index (χ2n) is 10.7. The summed E-state index contributed by atoms with van der Waals surface area (Å²) < 4.78 is 96.8. The standard InChI is InChI=1S/C29H27ClF6N4O5/c1-2-44-20-5-3-4-17(24(20)30)25-18-13-16(28(31,32)33)6-7-19(18)40-26(37-38-27(40)29(34,35)36)21(45-25)14-22(41)39-10-8-15(9-11-39)12-23(42)43/h3-7,13,15,21,25H,2,8-12,14H2,1H3,(H,42,43)/t21-,25-/m1/s1. The number of carbonyl (C=O) groups is 2. The summed E-state index contributed by atoms with van der Waals surface area (Å²) >= 11 is 6.63. The van der Waals surface area contributed by atoms with Crippen LogP contribution >= 0.6 is 11.6 Å². The molecule has 1 N–H and O–H groups in total. The summed E-state index contributed by atoms with van der Waals surface area (Å²) in [5.74, 6) is -3.39. The van der Waals surface area contributed by atoms with Gasteiger partial charge in [0.15, 0.2) is 5.82 Å². The summed E-state index contributed by atoms with van der Waals surface area (Å²) in [6, 6.07) is 6.69. The largest absolute Gasteiger partial charge is 0.492 e. The molecule has 16 heteroatoms. The highest BCUT2D eigenvalue weighted by molar-refractivity contribution is 6.33. The molecule has 0 bridgehead atoms. The lowest BCUT2D eigenvalue weighted by molar-refractivity contribution is -0.146. The molecular weight excluding hydrogens is 634 g/mol. The van der Waals surface area contributed by atoms with E-state index >= 15 is 0 Å². The van der Waals surface area contributed by atoms with Crippen molar-refractivity contribution in [3.8, 4) is 11.4 Å². The Hall–Kier alpha value is -3.85. The fraction of sp³-hybridized carbons (Fsp3) is 0.448. The number of aromatic nitrogens is 3. The Bertz CT molecular complexity index is 1590. The maximum Gasteiger partial charge on any atom is 0.452 e. The highest BCUT2D eigenvalue weighted by Crippen LogP contribution is 2.47. The van der Waals surface area contributed by atoms with Crippen LogP contribution in [-0.2, 0) is 26.7 Å². The first kappa shape index (κ1) is 32.5. The number of benzene rings is 2. The Morgan fingerprint density at radius 2 is 1.73 bits per heavy atom. The maximum absolute atomic E-state index is 14.2. The van der Waals surface area contributed by atoms with Crippen LogP contribution in [-0.4, -0.2) is 56.3 Å². The van der Waals surface area contributed by atoms with Gasteiger partial charge >= 0.3 is 18.3 Å². The number of carboxylic acid groups (broad SMARTS) is 1. The van der Waals surface area contributed by atoms with Crippen molar-refractivity contribution < 1.29 is 50.5 Å². The van der Waals surface area contributed by atoms with Crippen LogP contribution in [0.1, 0.15) is 73.2 Å². The molecule has 2 atom stereocenters. The fourth-order valence-electron chi connectivity index (χ4n) is 5.67. The van der Waals surface area contributed by atoms with E-state index in [0.717, 1.165) is 6.07 Å². The molecule has 0 saturated carbocycles. The Morgan fingerprint density at radius 1 is 1.02 bits per heavy atom. The summed E-state index contributed by atoms with van der Waals surface area (Å²) in [5.41, 5.74) is -1.68. The average molecular weight is 661 g/mol. The molecule has 0 aliphatic carbocycles. The van der Waals surface area contributed by atoms with Crippen LogP contribution in [0.4, 0.5) is 26.3 Å². The Labute approximate surface area is 257 Å². The minimum absolute atomic E-state index is 0.0352. The molecule has 242 valence electrons. The lowest BCUT2D eigenvalue weighted by Gasteiger charge is -2.32. The van der Waals surface area contributed by atoms with Crippen molar-refractivity contribution in [2.24, 2.45) is 5.92 Å². The van der Waals surface area contributed by atoms with Gasteiger partial charge in [-0.3, -0.25) is 14.2 Å². The van der Waals surface area contributed by atoms with Crippen LogP contribution in [0.15, 0.2) is 36.4 Å². The van der Waals surface area contributed by atoms with E-state index in [9.17, 15) is 35.9 Å². The van der Waals surface area contributed by atoms with Gasteiger partial charge in [-0.1, -0.05) is 23.7 Å². The molecule has 0 radical (unpaired) electrons. The van der Waals surface area contributed by atoms with Crippen molar-refractivity contribution in [3.63, 3.8) is 0 Å². The highest BCUT2D eigenvalue weighted by atomic mass is 35.5. The summed E-state index contributed by atoms with van der Waals surface area (Å²) in [6.45, 7) is 2.31. The molecule has 5 rings (SSSR count). The van der Waals surface area contributed by atoms with E-state index in [1.165, 1.54) is 23.1 Å². The number of amides is 1. The number of nitrogens with zero attached hydrogens (tertiary/aromatic N) is 4. The zero-order valence-corrected chi connectivity index (χ0v) is 24.4. The molecule has 9 nitrogen and oxygen atoms in total. The number of carboxylic acids is 1. The van der Waals surface area contributed by atoms with Crippen LogP contribution in [0.3, 0.4) is 0 Å². The number of likely N-dealkylation sites (tertiary alicyclic amines) is 1. The SMILES string of the molecule is CCOc1cccc([C@H]2O[C@H](CC(=O)N3CCC(CC(=O)O)CC3)c3nnc(C(F)(F)F)n3-c3ccc(C(F)(F)F)cc32)c1Cl. The third-order valence-electron chi connectivity index (χ3n) is 7.77. The predicted molar refractivity (Wildman–Crippen MR) is 146 cm³/mol. The molecule has 1 saturated heterocycles. The van der Waals surface area contributed by atoms with Crippen LogP contribution in [0, 0.1) is 5.92 Å². The first-order chi connectivity index (χ1) is 21.2. The quantitative estimate of drug-likeness (QED) is 0.284. The number of carbonyl (C=O) groups excluding carboxylic acids is 1. The van der Waals surface area contributed by atoms with E-state index in [1.54, 1.807) is 6.92 Å². The minimum atomic E-state index is -5.07. The van der Waals surface area contributed by atoms with Crippen molar-refractivity contribution in [3.05, 3.63) is 69.8 Å². The molecule has 3 aromatic rings. The number of piperidine rings is 1. The molecule has 2 aliphatic rings. The van der Waals surface area contributed by atoms with Gasteiger partial charge in [0.25, 0.3) is 0 Å². The predicted octanol–water partition coefficient (Wildman–Crippen LogP) is 6.62. The van der Waals surface area contributed by atoms with E-state index in [4.69, 9.17) is 26.2 Å². The lowest BCUT2D eigenvalue weighted by atomic mass is 9.93. The van der Waals surface area contributed by atoms with Gasteiger partial charge < -0.3 is 19.5 Å². The summed E-state index contributed by atoms with van der Waals surface area (Å²) in [4.78, 5) is 26.0. The third-order valence-corrected chi connectivity index (χ3v) is 8.18. The topological polar surface area (TPSA) is 107 Å². The minimum Gasteiger partial charge on any atom is -0.492 e. The van der Waals surface area contributed by atoms with Crippen LogP contribution in [0.5, 0.6) is 5.75 Å². The number of aliphatic carboxylic acids is 1. The van der Waals surface area contributed by atoms with Crippen molar-refractivity contribution in [2.45, 2.75) is 57.2 Å². The smallest absolute Gasteiger partial charge is 0.452 e. The Kier molecular flexibility index (Phi) is 9.04. The number of halogens is 7. The van der Waals surface area contributed by atoms with Crippen LogP contribution in [0.25, 0.3) is 5.69 Å². The highest BCUT2D eigenvalue weighted by Gasteiger charge is 2.45. The molecular formula is C29H27ClF6N4O5. The molecule has 0 spiro atoms. The first-order valence-corrected chi connectivity index (χ1v) is 14.4. The summed E-state index contributed by atoms with van der Waals surface area (Å²) in [6.07, 6.45) is -12.7. The van der Waals surface area contributed by atoms with Gasteiger partial charge in [-0.05, 0) is 49.9 Å². The summed E-state index contributed by atoms with van der Waals surface area (Å²) in [5, 5.41) is 16.1. The molecule has 1 aromatic heterocycles. The molecule has 45 heavy (non-hydrogen) atoms. The lowest BCUT2D eigenvalue weighted by Crippen LogP contribution is -2.39. The van der Waals surface area contributed by atoms with E-state index in [2.05, 4.69) is 10.2 Å². The maximum atomic E-state index is 14.2. The number of fused-ring (bicyclic) bond motifs is 3. The van der Waals surface area contributed by atoms with Gasteiger partial charge in [0.2, 0.25) is 11.7 Å². The number of ether oxygens (including phenoxy) is 2. The number of rotatable bonds is 7. The normalized spacial score (nSPS) is 19.1. The van der Waals surface area contributed by atoms with Crippen molar-refractivity contribution in [2.75, 3.05) is 19.7 Å². The van der Waals surface area contributed by atoms with Gasteiger partial charge in [-0.2, -0.15) is 26.3 Å². The summed E-state index contributed by atoms with van der Waals surface area (Å²) in [7, 11) is 0. The van der Waals surface area contributed by atoms with Gasteiger partial charge in [0, 0.05) is 30.6 Å². The van der Waals surface area contributed by atoms with E-state index < -0.39 is 60.1 Å². The molecule has 2 aliphatic heterocycles. The fourth-order valence-corrected chi connectivity index (χ4v) is 5.95. The van der Waals surface area contributed by atoms with E-state index in [1.807, 2.05) is 0 Å². The molecule has 0 unspecified atom stereocenters. The average Bonchev–Trinajstić information content (AvgIpc) is 3.37. The number of hydrogen-bond acceptors (Lipinski definition) is 6. The first-order valence-electron chi connectivity index (χ1n) is 14.0. The van der Waals surface area contributed by atoms with Crippen molar-refractivity contribution >= 4 is 23.5 Å². The van der Waals surface area contributed by atoms with Gasteiger partial charge in [0.1, 0.15) is 18.0 Å². The monoisotopic (exact) mass is 660 g/mol. The van der Waals surface area contributed by atoms with Crippen molar-refractivity contribution in [1.29, 1.82) is 0 Å². The zero-order valence-electron chi connectivity index (χ0n) is 23.7. The van der Waals surface area contributed by atoms with Gasteiger partial charge in [-0.15, -0.1) is 10.2 Å². The number of hydrogen-bond donors (Lipinski definition) is 1. The Balaban J connectivity index is 1.63. The second kappa shape index (κ2) is 12.5. The second-order valence-corrected chi connectivity index (χ2v) is 11.1. The van der Waals surface area contributed by atoms with E-state index in [-0.39, 0.29) is 59.6 Å². The molecule has 1 amide bonds. The molecule has 3 heterocycles. The molecule has 1 fully saturated rings. The van der Waals surface area contributed by atoms with E-state index in [0.29, 0.717) is 29.5 Å². The zero-order chi connectivity index (χ0) is 32.7. The third kappa shape index (κ3) is 6.73. The van der Waals surface area contributed by atoms with Crippen molar-refractivity contribution in [1.82, 2.24) is 19.7 Å². The number of alkyl halides is 6. The van der Waals surface area contributed by atoms with Gasteiger partial charge in [0.05, 0.1) is 29.3 Å². The van der Waals surface area contributed by atoms with Gasteiger partial charge in [-0.25, -0.2) is 0 Å². The Morgan fingerprint density at radius 3 is 2.36 bits per heavy atom.